The molecule has 0 unspecified atom stereocenters. The number of hydrogen-bond acceptors (Lipinski definition) is 7. The van der Waals surface area contributed by atoms with Gasteiger partial charge in [0.2, 0.25) is 10.0 Å². The van der Waals surface area contributed by atoms with E-state index < -0.39 is 15.9 Å². The van der Waals surface area contributed by atoms with Crippen molar-refractivity contribution in [3.63, 3.8) is 0 Å². The van der Waals surface area contributed by atoms with E-state index >= 15 is 0 Å². The number of phenolic OH excluding ortho intramolecular Hbond substituents is 1. The molecule has 10 heteroatoms. The van der Waals surface area contributed by atoms with Crippen molar-refractivity contribution in [2.45, 2.75) is 13.3 Å². The van der Waals surface area contributed by atoms with Gasteiger partial charge in [0.1, 0.15) is 15.6 Å². The predicted molar refractivity (Wildman–Crippen MR) is 112 cm³/mol. The van der Waals surface area contributed by atoms with Crippen molar-refractivity contribution in [2.75, 3.05) is 21.9 Å². The second-order valence-corrected chi connectivity index (χ2v) is 10.1. The summed E-state index contributed by atoms with van der Waals surface area (Å²) in [5.41, 5.74) is 2.14. The third kappa shape index (κ3) is 3.50. The number of aromatic nitrogens is 1. The Labute approximate surface area is 170 Å². The average Bonchev–Trinajstić information content (AvgIpc) is 3.36. The highest BCUT2D eigenvalue weighted by atomic mass is 32.2. The molecule has 4 rings (SSSR count). The number of aryl methyl sites for hydroxylation is 1. The number of hydrogen-bond donors (Lipinski definition) is 2. The monoisotopic (exact) mass is 435 g/mol. The summed E-state index contributed by atoms with van der Waals surface area (Å²) in [4.78, 5) is 17.6. The Morgan fingerprint density at radius 3 is 2.82 bits per heavy atom. The second kappa shape index (κ2) is 7.19. The Hall–Kier alpha value is -2.43. The van der Waals surface area contributed by atoms with Crippen LogP contribution in [0, 0.1) is 6.92 Å². The number of thiophene rings is 1. The number of carbonyl (C=O) groups excluding carboxylic acids is 1. The van der Waals surface area contributed by atoms with E-state index in [1.165, 1.54) is 33.8 Å². The molecular weight excluding hydrogens is 418 g/mol. The number of anilines is 2. The van der Waals surface area contributed by atoms with Crippen LogP contribution in [0.3, 0.4) is 0 Å². The fourth-order valence-electron chi connectivity index (χ4n) is 3.00. The van der Waals surface area contributed by atoms with Crippen molar-refractivity contribution in [3.8, 4) is 16.3 Å². The zero-order valence-corrected chi connectivity index (χ0v) is 17.3. The molecule has 1 saturated heterocycles. The molecule has 1 aliphatic heterocycles. The normalized spacial score (nSPS) is 15.7. The van der Waals surface area contributed by atoms with Crippen molar-refractivity contribution in [2.24, 2.45) is 0 Å². The first-order valence-corrected chi connectivity index (χ1v) is 11.9. The van der Waals surface area contributed by atoms with Gasteiger partial charge in [-0.15, -0.1) is 11.3 Å². The molecule has 0 bridgehead atoms. The maximum Gasteiger partial charge on any atom is 0.267 e. The average molecular weight is 436 g/mol. The van der Waals surface area contributed by atoms with Crippen molar-refractivity contribution in [1.82, 2.24) is 4.98 Å². The molecule has 0 atom stereocenters. The third-order valence-corrected chi connectivity index (χ3v) is 8.14. The lowest BCUT2D eigenvalue weighted by atomic mass is 10.2. The minimum absolute atomic E-state index is 0.0982. The molecule has 3 aromatic rings. The number of phenols is 1. The van der Waals surface area contributed by atoms with Gasteiger partial charge in [0, 0.05) is 17.5 Å². The van der Waals surface area contributed by atoms with Crippen molar-refractivity contribution < 1.29 is 18.3 Å². The molecule has 1 aromatic carbocycles. The van der Waals surface area contributed by atoms with Gasteiger partial charge in [-0.2, -0.15) is 11.3 Å². The summed E-state index contributed by atoms with van der Waals surface area (Å²) in [5, 5.41) is 17.5. The van der Waals surface area contributed by atoms with Crippen LogP contribution in [0.4, 0.5) is 11.4 Å². The Morgan fingerprint density at radius 2 is 2.14 bits per heavy atom. The second-order valence-electron chi connectivity index (χ2n) is 6.34. The molecule has 0 spiro atoms. The quantitative estimate of drug-likeness (QED) is 0.609. The highest BCUT2D eigenvalue weighted by Crippen LogP contribution is 2.34. The summed E-state index contributed by atoms with van der Waals surface area (Å²) in [6, 6.07) is 6.33. The first kappa shape index (κ1) is 18.9. The largest absolute Gasteiger partial charge is 0.506 e. The van der Waals surface area contributed by atoms with Crippen LogP contribution in [0.25, 0.3) is 10.6 Å². The van der Waals surface area contributed by atoms with Gasteiger partial charge in [0.05, 0.1) is 22.8 Å². The van der Waals surface area contributed by atoms with Crippen LogP contribution in [-0.2, 0) is 10.0 Å². The van der Waals surface area contributed by atoms with Crippen LogP contribution >= 0.6 is 22.7 Å². The number of nitrogens with one attached hydrogen (secondary N) is 1. The Balaban J connectivity index is 1.61. The molecule has 28 heavy (non-hydrogen) atoms. The minimum atomic E-state index is -3.35. The van der Waals surface area contributed by atoms with Gasteiger partial charge < -0.3 is 10.4 Å². The molecule has 2 N–H and O–H groups in total. The lowest BCUT2D eigenvalue weighted by Gasteiger charge is -2.18. The van der Waals surface area contributed by atoms with Crippen LogP contribution in [-0.4, -0.2) is 36.7 Å². The smallest absolute Gasteiger partial charge is 0.267 e. The van der Waals surface area contributed by atoms with E-state index in [-0.39, 0.29) is 17.2 Å². The van der Waals surface area contributed by atoms with Crippen molar-refractivity contribution in [3.05, 3.63) is 45.6 Å². The van der Waals surface area contributed by atoms with Crippen LogP contribution in [0.5, 0.6) is 5.75 Å². The van der Waals surface area contributed by atoms with E-state index in [0.717, 1.165) is 10.6 Å². The standard InChI is InChI=1S/C18H17N3O4S3/c1-11-16(27-18(19-11)12-5-7-26-10-12)17(23)20-14-9-13(3-4-15(14)22)21-6-2-8-28(21,24)25/h3-5,7,9-10,22H,2,6,8H2,1H3,(H,20,23). The van der Waals surface area contributed by atoms with Crippen molar-refractivity contribution in [1.29, 1.82) is 0 Å². The van der Waals surface area contributed by atoms with Gasteiger partial charge in [0.25, 0.3) is 5.91 Å². The summed E-state index contributed by atoms with van der Waals surface area (Å²) in [6.45, 7) is 2.15. The maximum atomic E-state index is 12.7. The van der Waals surface area contributed by atoms with Crippen LogP contribution < -0.4 is 9.62 Å². The Kier molecular flexibility index (Phi) is 4.86. The summed E-state index contributed by atoms with van der Waals surface area (Å²) >= 11 is 2.83. The van der Waals surface area contributed by atoms with Gasteiger partial charge in [-0.25, -0.2) is 13.4 Å². The molecule has 146 valence electrons. The molecule has 7 nitrogen and oxygen atoms in total. The molecule has 1 aliphatic rings. The van der Waals surface area contributed by atoms with E-state index in [2.05, 4.69) is 10.3 Å². The summed E-state index contributed by atoms with van der Waals surface area (Å²) in [5.74, 6) is -0.428. The number of thiazole rings is 1. The minimum Gasteiger partial charge on any atom is -0.506 e. The fourth-order valence-corrected chi connectivity index (χ4v) is 6.23. The first-order valence-electron chi connectivity index (χ1n) is 8.50. The fraction of sp³-hybridized carbons (Fsp3) is 0.222. The van der Waals surface area contributed by atoms with E-state index in [1.807, 2.05) is 16.8 Å². The highest BCUT2D eigenvalue weighted by Gasteiger charge is 2.29. The summed E-state index contributed by atoms with van der Waals surface area (Å²) < 4.78 is 25.6. The van der Waals surface area contributed by atoms with E-state index in [1.54, 1.807) is 18.3 Å². The summed E-state index contributed by atoms with van der Waals surface area (Å²) in [6.07, 6.45) is 0.552. The first-order chi connectivity index (χ1) is 13.3. The van der Waals surface area contributed by atoms with Gasteiger partial charge in [-0.1, -0.05) is 0 Å². The van der Waals surface area contributed by atoms with Gasteiger partial charge >= 0.3 is 0 Å². The molecule has 2 aromatic heterocycles. The summed E-state index contributed by atoms with van der Waals surface area (Å²) in [7, 11) is -3.35. The molecular formula is C18H17N3O4S3. The number of aromatic hydroxyl groups is 1. The SMILES string of the molecule is Cc1nc(-c2ccsc2)sc1C(=O)Nc1cc(N2CCCS2(=O)=O)ccc1O. The third-order valence-electron chi connectivity index (χ3n) is 4.39. The van der Waals surface area contributed by atoms with Crippen LogP contribution in [0.1, 0.15) is 21.8 Å². The molecule has 0 aliphatic carbocycles. The topological polar surface area (TPSA) is 99.6 Å². The number of carbonyl (C=O) groups is 1. The maximum absolute atomic E-state index is 12.7. The van der Waals surface area contributed by atoms with Crippen LogP contribution in [0.15, 0.2) is 35.0 Å². The van der Waals surface area contributed by atoms with Gasteiger partial charge in [-0.3, -0.25) is 9.10 Å². The Bertz CT molecular complexity index is 1140. The number of amides is 1. The zero-order chi connectivity index (χ0) is 19.9. The number of rotatable bonds is 4. The van der Waals surface area contributed by atoms with Gasteiger partial charge in [0.15, 0.2) is 0 Å². The van der Waals surface area contributed by atoms with Gasteiger partial charge in [-0.05, 0) is 43.0 Å². The van der Waals surface area contributed by atoms with E-state index in [0.29, 0.717) is 29.2 Å². The number of nitrogens with zero attached hydrogens (tertiary/aromatic N) is 2. The predicted octanol–water partition coefficient (Wildman–Crippen LogP) is 3.68. The highest BCUT2D eigenvalue weighted by molar-refractivity contribution is 7.93. The van der Waals surface area contributed by atoms with Crippen LogP contribution in [0.2, 0.25) is 0 Å². The van der Waals surface area contributed by atoms with E-state index in [4.69, 9.17) is 0 Å². The lowest BCUT2D eigenvalue weighted by Crippen LogP contribution is -2.25. The molecule has 3 heterocycles. The number of sulfonamides is 1. The van der Waals surface area contributed by atoms with E-state index in [9.17, 15) is 18.3 Å². The Morgan fingerprint density at radius 1 is 1.32 bits per heavy atom. The molecule has 1 amide bonds. The zero-order valence-electron chi connectivity index (χ0n) is 14.9. The molecule has 0 radical (unpaired) electrons. The molecule has 1 fully saturated rings. The molecule has 0 saturated carbocycles. The lowest BCUT2D eigenvalue weighted by molar-refractivity contribution is 0.102. The number of benzene rings is 1. The van der Waals surface area contributed by atoms with Crippen molar-refractivity contribution >= 4 is 50.0 Å².